The van der Waals surface area contributed by atoms with E-state index in [0.717, 1.165) is 5.56 Å². The van der Waals surface area contributed by atoms with Gasteiger partial charge in [0.15, 0.2) is 0 Å². The van der Waals surface area contributed by atoms with Crippen LogP contribution >= 0.6 is 0 Å². The van der Waals surface area contributed by atoms with Crippen LogP contribution in [0.3, 0.4) is 0 Å². The molecule has 2 aromatic carbocycles. The summed E-state index contributed by atoms with van der Waals surface area (Å²) < 4.78 is 36.7. The summed E-state index contributed by atoms with van der Waals surface area (Å²) in [5.74, 6) is 0.723. The first-order chi connectivity index (χ1) is 16.5. The third-order valence-electron chi connectivity index (χ3n) is 6.31. The Morgan fingerprint density at radius 2 is 1.69 bits per heavy atom. The minimum Gasteiger partial charge on any atom is -0.383 e. The summed E-state index contributed by atoms with van der Waals surface area (Å²) in [7, 11) is -2.30. The maximum absolute atomic E-state index is 14.2. The first kappa shape index (κ1) is 27.0. The van der Waals surface area contributed by atoms with Crippen LogP contribution in [0.15, 0.2) is 46.1 Å². The molecule has 0 saturated heterocycles. The Hall–Kier alpha value is -2.55. The van der Waals surface area contributed by atoms with Gasteiger partial charge in [0.25, 0.3) is 5.56 Å². The lowest BCUT2D eigenvalue weighted by Gasteiger charge is -2.31. The molecule has 1 aromatic heterocycles. The van der Waals surface area contributed by atoms with E-state index < -0.39 is 16.1 Å². The van der Waals surface area contributed by atoms with Crippen molar-refractivity contribution in [2.75, 3.05) is 20.3 Å². The van der Waals surface area contributed by atoms with Crippen molar-refractivity contribution in [1.29, 1.82) is 0 Å². The van der Waals surface area contributed by atoms with Gasteiger partial charge in [-0.15, -0.1) is 0 Å². The molecule has 0 radical (unpaired) electrons. The molecule has 1 heterocycles. The third kappa shape index (κ3) is 5.66. The third-order valence-corrected chi connectivity index (χ3v) is 8.59. The number of fused-ring (bicyclic) bond motifs is 1. The Bertz CT molecular complexity index is 1340. The number of para-hydroxylation sites is 1. The molecule has 0 N–H and O–H groups in total. The summed E-state index contributed by atoms with van der Waals surface area (Å²) in [6, 6.07) is 10.3. The van der Waals surface area contributed by atoms with E-state index in [4.69, 9.17) is 9.72 Å². The lowest BCUT2D eigenvalue weighted by Crippen LogP contribution is -2.39. The van der Waals surface area contributed by atoms with Gasteiger partial charge in [0.05, 0.1) is 35.0 Å². The molecule has 0 aliphatic rings. The van der Waals surface area contributed by atoms with Gasteiger partial charge in [-0.3, -0.25) is 9.36 Å². The molecule has 3 rings (SSSR count). The van der Waals surface area contributed by atoms with Gasteiger partial charge in [-0.25, -0.2) is 13.4 Å². The molecule has 190 valence electrons. The number of ether oxygens (including phenoxy) is 1. The molecule has 35 heavy (non-hydrogen) atoms. The van der Waals surface area contributed by atoms with Crippen molar-refractivity contribution in [2.24, 2.45) is 5.92 Å². The molecule has 0 saturated carbocycles. The predicted octanol–water partition coefficient (Wildman–Crippen LogP) is 4.77. The van der Waals surface area contributed by atoms with Crippen LogP contribution in [0.2, 0.25) is 0 Å². The highest BCUT2D eigenvalue weighted by atomic mass is 32.2. The molecule has 1 unspecified atom stereocenters. The second kappa shape index (κ2) is 11.0. The monoisotopic (exact) mass is 499 g/mol. The van der Waals surface area contributed by atoms with Gasteiger partial charge in [-0.05, 0) is 63.3 Å². The van der Waals surface area contributed by atoms with E-state index in [1.807, 2.05) is 45.9 Å². The zero-order valence-corrected chi connectivity index (χ0v) is 22.6. The van der Waals surface area contributed by atoms with Crippen LogP contribution in [-0.2, 0) is 21.3 Å². The smallest absolute Gasteiger partial charge is 0.261 e. The summed E-state index contributed by atoms with van der Waals surface area (Å²) in [4.78, 5) is 18.5. The minimum absolute atomic E-state index is 0.196. The molecule has 0 amide bonds. The highest BCUT2D eigenvalue weighted by molar-refractivity contribution is 7.89. The maximum atomic E-state index is 14.2. The number of aromatic nitrogens is 2. The molecule has 8 heteroatoms. The van der Waals surface area contributed by atoms with Crippen LogP contribution in [0.1, 0.15) is 55.7 Å². The number of sulfonamides is 1. The van der Waals surface area contributed by atoms with Crippen molar-refractivity contribution in [3.8, 4) is 0 Å². The largest absolute Gasteiger partial charge is 0.383 e. The van der Waals surface area contributed by atoms with Gasteiger partial charge in [0.1, 0.15) is 5.82 Å². The Kier molecular flexibility index (Phi) is 8.51. The molecular weight excluding hydrogens is 462 g/mol. The Morgan fingerprint density at radius 3 is 2.29 bits per heavy atom. The first-order valence-corrected chi connectivity index (χ1v) is 13.5. The number of nitrogens with zero attached hydrogens (tertiary/aromatic N) is 3. The molecule has 0 bridgehead atoms. The average molecular weight is 500 g/mol. The van der Waals surface area contributed by atoms with Crippen molar-refractivity contribution in [1.82, 2.24) is 13.9 Å². The number of hydrogen-bond acceptors (Lipinski definition) is 5. The van der Waals surface area contributed by atoms with Gasteiger partial charge in [-0.1, -0.05) is 43.7 Å². The molecule has 7 nitrogen and oxygen atoms in total. The quantitative estimate of drug-likeness (QED) is 0.401. The topological polar surface area (TPSA) is 81.5 Å². The lowest BCUT2D eigenvalue weighted by atomic mass is 10.1. The second-order valence-electron chi connectivity index (χ2n) is 9.64. The second-order valence-corrected chi connectivity index (χ2v) is 11.5. The molecular formula is C27H37N3O4S. The van der Waals surface area contributed by atoms with Gasteiger partial charge in [0.2, 0.25) is 10.0 Å². The fraction of sp³-hybridized carbons (Fsp3) is 0.481. The number of rotatable bonds is 10. The highest BCUT2D eigenvalue weighted by Gasteiger charge is 2.34. The number of methoxy groups -OCH3 is 1. The normalized spacial score (nSPS) is 13.2. The number of benzene rings is 2. The fourth-order valence-electron chi connectivity index (χ4n) is 4.63. The molecule has 0 spiro atoms. The summed E-state index contributed by atoms with van der Waals surface area (Å²) in [5, 5.41) is 0.501. The zero-order valence-electron chi connectivity index (χ0n) is 21.8. The van der Waals surface area contributed by atoms with Gasteiger partial charge < -0.3 is 4.74 Å². The molecule has 0 aliphatic carbocycles. The number of aryl methyl sites for hydroxylation is 3. The number of hydrogen-bond donors (Lipinski definition) is 0. The summed E-state index contributed by atoms with van der Waals surface area (Å²) in [5.41, 5.74) is 2.81. The predicted molar refractivity (Wildman–Crippen MR) is 140 cm³/mol. The van der Waals surface area contributed by atoms with Gasteiger partial charge >= 0.3 is 0 Å². The van der Waals surface area contributed by atoms with Crippen LogP contribution in [-0.4, -0.2) is 42.5 Å². The van der Waals surface area contributed by atoms with Crippen molar-refractivity contribution in [3.05, 3.63) is 69.3 Å². The summed E-state index contributed by atoms with van der Waals surface area (Å²) >= 11 is 0. The Morgan fingerprint density at radius 1 is 1.06 bits per heavy atom. The Labute approximate surface area is 208 Å². The van der Waals surface area contributed by atoms with E-state index in [1.54, 1.807) is 29.9 Å². The fourth-order valence-corrected chi connectivity index (χ4v) is 6.65. The van der Waals surface area contributed by atoms with Crippen LogP contribution in [0, 0.1) is 26.7 Å². The molecule has 1 atom stereocenters. The van der Waals surface area contributed by atoms with Crippen molar-refractivity contribution < 1.29 is 13.2 Å². The van der Waals surface area contributed by atoms with Crippen molar-refractivity contribution >= 4 is 20.9 Å². The van der Waals surface area contributed by atoms with Crippen LogP contribution in [0.4, 0.5) is 0 Å². The van der Waals surface area contributed by atoms with E-state index in [1.165, 1.54) is 4.31 Å². The summed E-state index contributed by atoms with van der Waals surface area (Å²) in [6.45, 7) is 12.5. The van der Waals surface area contributed by atoms with Crippen LogP contribution in [0.5, 0.6) is 0 Å². The molecule has 3 aromatic rings. The Balaban J connectivity index is 2.23. The van der Waals surface area contributed by atoms with E-state index in [-0.39, 0.29) is 12.1 Å². The SMILES string of the molecule is COCCn1c(C(C)N(CCC(C)C)S(=O)(=O)c2c(C)cc(C)cc2C)nc2ccccc2c1=O. The van der Waals surface area contributed by atoms with E-state index >= 15 is 0 Å². The maximum Gasteiger partial charge on any atom is 0.261 e. The zero-order chi connectivity index (χ0) is 25.9. The standard InChI is InChI=1S/C27H37N3O4S/c1-18(2)12-13-30(35(32,33)25-20(4)16-19(3)17-21(25)5)22(6)26-28-24-11-9-8-10-23(24)27(31)29(26)14-15-34-7/h8-11,16-18,22H,12-15H2,1-7H3. The van der Waals surface area contributed by atoms with E-state index in [2.05, 4.69) is 13.8 Å². The van der Waals surface area contributed by atoms with Gasteiger partial charge in [-0.2, -0.15) is 4.31 Å². The lowest BCUT2D eigenvalue weighted by molar-refractivity contribution is 0.182. The van der Waals surface area contributed by atoms with Crippen LogP contribution in [0.25, 0.3) is 10.9 Å². The molecule has 0 aliphatic heterocycles. The van der Waals surface area contributed by atoms with E-state index in [9.17, 15) is 13.2 Å². The van der Waals surface area contributed by atoms with Crippen molar-refractivity contribution in [2.45, 2.75) is 65.4 Å². The summed E-state index contributed by atoms with van der Waals surface area (Å²) in [6.07, 6.45) is 0.684. The average Bonchev–Trinajstić information content (AvgIpc) is 2.77. The van der Waals surface area contributed by atoms with Crippen molar-refractivity contribution in [3.63, 3.8) is 0 Å². The first-order valence-electron chi connectivity index (χ1n) is 12.1. The van der Waals surface area contributed by atoms with E-state index in [0.29, 0.717) is 58.2 Å². The highest BCUT2D eigenvalue weighted by Crippen LogP contribution is 2.32. The minimum atomic E-state index is -3.88. The van der Waals surface area contributed by atoms with Crippen LogP contribution < -0.4 is 5.56 Å². The van der Waals surface area contributed by atoms with Gasteiger partial charge in [0, 0.05) is 13.7 Å². The molecule has 0 fully saturated rings.